The molecule has 0 atom stereocenters. The molecule has 0 saturated heterocycles. The molecule has 0 unspecified atom stereocenters. The SMILES string of the molecule is O=C(Nc1ccsc1)c1cc(O)ccc1Cl. The fourth-order valence-electron chi connectivity index (χ4n) is 1.22. The lowest BCUT2D eigenvalue weighted by molar-refractivity contribution is 0.102. The lowest BCUT2D eigenvalue weighted by Gasteiger charge is -2.05. The number of thiophene rings is 1. The number of halogens is 1. The van der Waals surface area contributed by atoms with Crippen molar-refractivity contribution in [3.05, 3.63) is 45.6 Å². The molecule has 2 N–H and O–H groups in total. The van der Waals surface area contributed by atoms with E-state index < -0.39 is 0 Å². The van der Waals surface area contributed by atoms with Crippen molar-refractivity contribution in [2.45, 2.75) is 0 Å². The number of nitrogens with one attached hydrogen (secondary N) is 1. The van der Waals surface area contributed by atoms with E-state index in [0.717, 1.165) is 5.69 Å². The summed E-state index contributed by atoms with van der Waals surface area (Å²) in [6.45, 7) is 0. The molecule has 82 valence electrons. The maximum atomic E-state index is 11.8. The molecule has 5 heteroatoms. The highest BCUT2D eigenvalue weighted by molar-refractivity contribution is 7.08. The molecule has 0 radical (unpaired) electrons. The Morgan fingerprint density at radius 1 is 1.38 bits per heavy atom. The molecule has 0 fully saturated rings. The number of phenolic OH excluding ortho intramolecular Hbond substituents is 1. The summed E-state index contributed by atoms with van der Waals surface area (Å²) in [7, 11) is 0. The van der Waals surface area contributed by atoms with E-state index in [1.807, 2.05) is 10.8 Å². The van der Waals surface area contributed by atoms with Gasteiger partial charge in [-0.3, -0.25) is 4.79 Å². The second-order valence-corrected chi connectivity index (χ2v) is 4.32. The summed E-state index contributed by atoms with van der Waals surface area (Å²) >= 11 is 7.35. The van der Waals surface area contributed by atoms with Crippen LogP contribution in [-0.4, -0.2) is 11.0 Å². The zero-order valence-corrected chi connectivity index (χ0v) is 9.68. The number of benzene rings is 1. The molecule has 0 saturated carbocycles. The fraction of sp³-hybridized carbons (Fsp3) is 0. The van der Waals surface area contributed by atoms with Crippen molar-refractivity contribution in [2.24, 2.45) is 0 Å². The van der Waals surface area contributed by atoms with Crippen LogP contribution in [0.15, 0.2) is 35.0 Å². The molecule has 2 rings (SSSR count). The van der Waals surface area contributed by atoms with Gasteiger partial charge in [0.2, 0.25) is 0 Å². The Balaban J connectivity index is 2.24. The van der Waals surface area contributed by atoms with Crippen LogP contribution >= 0.6 is 22.9 Å². The van der Waals surface area contributed by atoms with Crippen molar-refractivity contribution in [1.82, 2.24) is 0 Å². The molecule has 1 amide bonds. The van der Waals surface area contributed by atoms with Crippen molar-refractivity contribution in [1.29, 1.82) is 0 Å². The summed E-state index contributed by atoms with van der Waals surface area (Å²) in [6.07, 6.45) is 0. The van der Waals surface area contributed by atoms with Crippen molar-refractivity contribution < 1.29 is 9.90 Å². The number of amides is 1. The first-order valence-corrected chi connectivity index (χ1v) is 5.81. The average Bonchev–Trinajstić information content (AvgIpc) is 2.74. The van der Waals surface area contributed by atoms with E-state index in [1.165, 1.54) is 29.5 Å². The minimum absolute atomic E-state index is 0.0138. The molecule has 0 spiro atoms. The van der Waals surface area contributed by atoms with Crippen molar-refractivity contribution >= 4 is 34.5 Å². The van der Waals surface area contributed by atoms with E-state index in [-0.39, 0.29) is 17.2 Å². The Kier molecular flexibility index (Phi) is 3.12. The van der Waals surface area contributed by atoms with Gasteiger partial charge >= 0.3 is 0 Å². The van der Waals surface area contributed by atoms with Crippen LogP contribution in [0.3, 0.4) is 0 Å². The highest BCUT2D eigenvalue weighted by Crippen LogP contribution is 2.22. The van der Waals surface area contributed by atoms with Crippen LogP contribution in [0, 0.1) is 0 Å². The Labute approximate surface area is 101 Å². The van der Waals surface area contributed by atoms with E-state index in [2.05, 4.69) is 5.32 Å². The quantitative estimate of drug-likeness (QED) is 0.862. The third-order valence-corrected chi connectivity index (χ3v) is 2.99. The van der Waals surface area contributed by atoms with Crippen LogP contribution in [0.5, 0.6) is 5.75 Å². The zero-order chi connectivity index (χ0) is 11.5. The molecule has 3 nitrogen and oxygen atoms in total. The summed E-state index contributed by atoms with van der Waals surface area (Å²) < 4.78 is 0. The van der Waals surface area contributed by atoms with Crippen LogP contribution < -0.4 is 5.32 Å². The Hall–Kier alpha value is -1.52. The normalized spacial score (nSPS) is 10.1. The van der Waals surface area contributed by atoms with Crippen LogP contribution in [0.1, 0.15) is 10.4 Å². The second kappa shape index (κ2) is 4.55. The minimum atomic E-state index is -0.334. The number of phenols is 1. The molecular formula is C11H8ClNO2S. The molecule has 0 aliphatic rings. The van der Waals surface area contributed by atoms with E-state index in [1.54, 1.807) is 6.07 Å². The third-order valence-electron chi connectivity index (χ3n) is 1.97. The first-order chi connectivity index (χ1) is 7.66. The first kappa shape index (κ1) is 11.0. The molecular weight excluding hydrogens is 246 g/mol. The fourth-order valence-corrected chi connectivity index (χ4v) is 2.01. The van der Waals surface area contributed by atoms with Gasteiger partial charge in [0.1, 0.15) is 5.75 Å². The molecule has 2 aromatic rings. The number of carbonyl (C=O) groups is 1. The Morgan fingerprint density at radius 2 is 2.19 bits per heavy atom. The predicted molar refractivity (Wildman–Crippen MR) is 65.4 cm³/mol. The lowest BCUT2D eigenvalue weighted by atomic mass is 10.2. The van der Waals surface area contributed by atoms with Gasteiger partial charge in [-0.05, 0) is 29.6 Å². The monoisotopic (exact) mass is 253 g/mol. The van der Waals surface area contributed by atoms with Crippen LogP contribution in [-0.2, 0) is 0 Å². The van der Waals surface area contributed by atoms with Gasteiger partial charge in [0.15, 0.2) is 0 Å². The smallest absolute Gasteiger partial charge is 0.257 e. The van der Waals surface area contributed by atoms with Crippen molar-refractivity contribution in [3.8, 4) is 5.75 Å². The van der Waals surface area contributed by atoms with Gasteiger partial charge in [0.25, 0.3) is 5.91 Å². The van der Waals surface area contributed by atoms with Crippen LogP contribution in [0.4, 0.5) is 5.69 Å². The van der Waals surface area contributed by atoms with Crippen LogP contribution in [0.2, 0.25) is 5.02 Å². The topological polar surface area (TPSA) is 49.3 Å². The van der Waals surface area contributed by atoms with Gasteiger partial charge in [-0.25, -0.2) is 0 Å². The van der Waals surface area contributed by atoms with Gasteiger partial charge in [0, 0.05) is 5.38 Å². The highest BCUT2D eigenvalue weighted by Gasteiger charge is 2.11. The third kappa shape index (κ3) is 2.35. The van der Waals surface area contributed by atoms with Gasteiger partial charge in [-0.2, -0.15) is 11.3 Å². The Bertz CT molecular complexity index is 511. The van der Waals surface area contributed by atoms with Gasteiger partial charge in [-0.1, -0.05) is 11.6 Å². The molecule has 0 aliphatic heterocycles. The second-order valence-electron chi connectivity index (χ2n) is 3.13. The van der Waals surface area contributed by atoms with Crippen LogP contribution in [0.25, 0.3) is 0 Å². The van der Waals surface area contributed by atoms with Gasteiger partial charge in [-0.15, -0.1) is 0 Å². The maximum Gasteiger partial charge on any atom is 0.257 e. The number of carbonyl (C=O) groups excluding carboxylic acids is 1. The summed E-state index contributed by atoms with van der Waals surface area (Å²) in [5.74, 6) is -0.320. The molecule has 1 aromatic carbocycles. The van der Waals surface area contributed by atoms with Crippen molar-refractivity contribution in [3.63, 3.8) is 0 Å². The molecule has 1 aromatic heterocycles. The first-order valence-electron chi connectivity index (χ1n) is 4.49. The minimum Gasteiger partial charge on any atom is -0.508 e. The van der Waals surface area contributed by atoms with E-state index >= 15 is 0 Å². The Morgan fingerprint density at radius 3 is 2.88 bits per heavy atom. The summed E-state index contributed by atoms with van der Waals surface area (Å²) in [5, 5.41) is 15.9. The average molecular weight is 254 g/mol. The summed E-state index contributed by atoms with van der Waals surface area (Å²) in [6, 6.07) is 6.05. The molecule has 0 aliphatic carbocycles. The number of rotatable bonds is 2. The van der Waals surface area contributed by atoms with E-state index in [9.17, 15) is 9.90 Å². The standard InChI is InChI=1S/C11H8ClNO2S/c12-10-2-1-8(14)5-9(10)11(15)13-7-3-4-16-6-7/h1-6,14H,(H,13,15). The molecule has 0 bridgehead atoms. The number of hydrogen-bond acceptors (Lipinski definition) is 3. The zero-order valence-electron chi connectivity index (χ0n) is 8.11. The number of anilines is 1. The van der Waals surface area contributed by atoms with Crippen molar-refractivity contribution in [2.75, 3.05) is 5.32 Å². The number of hydrogen-bond donors (Lipinski definition) is 2. The molecule has 1 heterocycles. The summed E-state index contributed by atoms with van der Waals surface area (Å²) in [5.41, 5.74) is 0.974. The van der Waals surface area contributed by atoms with E-state index in [0.29, 0.717) is 5.02 Å². The summed E-state index contributed by atoms with van der Waals surface area (Å²) in [4.78, 5) is 11.8. The predicted octanol–water partition coefficient (Wildman–Crippen LogP) is 3.36. The van der Waals surface area contributed by atoms with Gasteiger partial charge in [0.05, 0.1) is 16.3 Å². The number of aromatic hydroxyl groups is 1. The highest BCUT2D eigenvalue weighted by atomic mass is 35.5. The molecule has 16 heavy (non-hydrogen) atoms. The largest absolute Gasteiger partial charge is 0.508 e. The lowest BCUT2D eigenvalue weighted by Crippen LogP contribution is -2.11. The van der Waals surface area contributed by atoms with Gasteiger partial charge < -0.3 is 10.4 Å². The van der Waals surface area contributed by atoms with E-state index in [4.69, 9.17) is 11.6 Å². The maximum absolute atomic E-state index is 11.8.